The van der Waals surface area contributed by atoms with Gasteiger partial charge in [0.05, 0.1) is 18.6 Å². The molecule has 1 aromatic carbocycles. The van der Waals surface area contributed by atoms with Crippen LogP contribution in [0.2, 0.25) is 0 Å². The predicted molar refractivity (Wildman–Crippen MR) is 112 cm³/mol. The van der Waals surface area contributed by atoms with Crippen molar-refractivity contribution in [3.63, 3.8) is 0 Å². The van der Waals surface area contributed by atoms with Crippen LogP contribution in [0, 0.1) is 11.8 Å². The maximum atomic E-state index is 12.8. The van der Waals surface area contributed by atoms with E-state index in [0.29, 0.717) is 50.3 Å². The topological polar surface area (TPSA) is 79.0 Å². The van der Waals surface area contributed by atoms with Crippen molar-refractivity contribution in [3.05, 3.63) is 24.3 Å². The highest BCUT2D eigenvalue weighted by Gasteiger charge is 2.31. The molecule has 3 atom stereocenters. The van der Waals surface area contributed by atoms with E-state index >= 15 is 0 Å². The molecule has 1 amide bonds. The summed E-state index contributed by atoms with van der Waals surface area (Å²) in [7, 11) is -1.97. The summed E-state index contributed by atoms with van der Waals surface area (Å²) in [5, 5.41) is 3.20. The van der Waals surface area contributed by atoms with Gasteiger partial charge in [0.25, 0.3) is 0 Å². The maximum absolute atomic E-state index is 12.8. The fraction of sp³-hybridized carbons (Fsp3) is 0.667. The molecule has 7 nitrogen and oxygen atoms in total. The maximum Gasteiger partial charge on any atom is 0.243 e. The van der Waals surface area contributed by atoms with Gasteiger partial charge in [-0.3, -0.25) is 9.69 Å². The van der Waals surface area contributed by atoms with Crippen LogP contribution in [0.25, 0.3) is 0 Å². The Bertz CT molecular complexity index is 789. The van der Waals surface area contributed by atoms with Crippen molar-refractivity contribution >= 4 is 15.9 Å². The normalized spacial score (nSPS) is 26.8. The molecule has 0 unspecified atom stereocenters. The van der Waals surface area contributed by atoms with E-state index in [0.717, 1.165) is 6.42 Å². The largest absolute Gasteiger partial charge is 0.497 e. The van der Waals surface area contributed by atoms with E-state index in [-0.39, 0.29) is 16.8 Å². The minimum atomic E-state index is -3.52. The van der Waals surface area contributed by atoms with Crippen LogP contribution in [-0.2, 0) is 14.8 Å². The lowest BCUT2D eigenvalue weighted by molar-refractivity contribution is -0.124. The zero-order chi connectivity index (χ0) is 21.0. The Labute approximate surface area is 174 Å². The Kier molecular flexibility index (Phi) is 7.19. The van der Waals surface area contributed by atoms with Gasteiger partial charge in [-0.2, -0.15) is 4.31 Å². The van der Waals surface area contributed by atoms with Gasteiger partial charge in [-0.05, 0) is 42.5 Å². The lowest BCUT2D eigenvalue weighted by Crippen LogP contribution is -2.52. The number of amides is 1. The minimum absolute atomic E-state index is 0.0439. The number of nitrogens with zero attached hydrogens (tertiary/aromatic N) is 2. The Morgan fingerprint density at radius 3 is 2.38 bits per heavy atom. The lowest BCUT2D eigenvalue weighted by atomic mass is 9.78. The highest BCUT2D eigenvalue weighted by Crippen LogP contribution is 2.29. The van der Waals surface area contributed by atoms with E-state index in [1.54, 1.807) is 31.4 Å². The number of carbonyl (C=O) groups is 1. The van der Waals surface area contributed by atoms with E-state index in [9.17, 15) is 13.2 Å². The minimum Gasteiger partial charge on any atom is -0.497 e. The van der Waals surface area contributed by atoms with Gasteiger partial charge >= 0.3 is 0 Å². The first kappa shape index (κ1) is 22.1. The molecule has 29 heavy (non-hydrogen) atoms. The average Bonchev–Trinajstić information content (AvgIpc) is 2.72. The van der Waals surface area contributed by atoms with Gasteiger partial charge < -0.3 is 10.1 Å². The molecular weight excluding hydrogens is 390 g/mol. The summed E-state index contributed by atoms with van der Waals surface area (Å²) in [5.74, 6) is 1.81. The molecule has 0 bridgehead atoms. The molecule has 1 heterocycles. The summed E-state index contributed by atoms with van der Waals surface area (Å²) < 4.78 is 32.3. The molecule has 1 aliphatic carbocycles. The van der Waals surface area contributed by atoms with Crippen LogP contribution in [0.1, 0.15) is 33.1 Å². The first-order valence-corrected chi connectivity index (χ1v) is 11.9. The van der Waals surface area contributed by atoms with Crippen molar-refractivity contribution in [2.75, 3.05) is 39.8 Å². The third-order valence-electron chi connectivity index (χ3n) is 6.45. The van der Waals surface area contributed by atoms with Crippen LogP contribution in [0.3, 0.4) is 0 Å². The van der Waals surface area contributed by atoms with Gasteiger partial charge in [-0.15, -0.1) is 0 Å². The molecule has 2 fully saturated rings. The first-order chi connectivity index (χ1) is 13.8. The highest BCUT2D eigenvalue weighted by molar-refractivity contribution is 7.89. The second-order valence-electron chi connectivity index (χ2n) is 8.30. The first-order valence-electron chi connectivity index (χ1n) is 10.5. The molecule has 1 N–H and O–H groups in total. The Balaban J connectivity index is 1.50. The van der Waals surface area contributed by atoms with Crippen molar-refractivity contribution in [1.29, 1.82) is 0 Å². The number of methoxy groups -OCH3 is 1. The summed E-state index contributed by atoms with van der Waals surface area (Å²) in [6.45, 7) is 6.69. The zero-order valence-corrected chi connectivity index (χ0v) is 18.5. The number of benzene rings is 1. The number of ether oxygens (including phenoxy) is 1. The summed E-state index contributed by atoms with van der Waals surface area (Å²) in [6, 6.07) is 6.70. The van der Waals surface area contributed by atoms with Gasteiger partial charge in [-0.25, -0.2) is 8.42 Å². The van der Waals surface area contributed by atoms with E-state index in [2.05, 4.69) is 19.2 Å². The van der Waals surface area contributed by atoms with E-state index in [1.165, 1.54) is 17.1 Å². The van der Waals surface area contributed by atoms with Crippen molar-refractivity contribution in [3.8, 4) is 5.75 Å². The third-order valence-corrected chi connectivity index (χ3v) is 8.36. The molecular formula is C21H33N3O4S. The number of rotatable bonds is 6. The van der Waals surface area contributed by atoms with Gasteiger partial charge in [0.1, 0.15) is 5.75 Å². The number of hydrogen-bond donors (Lipinski definition) is 1. The van der Waals surface area contributed by atoms with Crippen molar-refractivity contribution < 1.29 is 17.9 Å². The molecule has 0 radical (unpaired) electrons. The van der Waals surface area contributed by atoms with E-state index < -0.39 is 10.0 Å². The molecule has 1 saturated carbocycles. The molecule has 2 aliphatic rings. The van der Waals surface area contributed by atoms with Crippen molar-refractivity contribution in [2.45, 2.75) is 44.0 Å². The van der Waals surface area contributed by atoms with Crippen LogP contribution in [0.15, 0.2) is 29.2 Å². The Morgan fingerprint density at radius 2 is 1.76 bits per heavy atom. The zero-order valence-electron chi connectivity index (χ0n) is 17.6. The fourth-order valence-electron chi connectivity index (χ4n) is 4.27. The average molecular weight is 424 g/mol. The Hall–Kier alpha value is -1.64. The fourth-order valence-corrected chi connectivity index (χ4v) is 5.69. The number of piperazine rings is 1. The van der Waals surface area contributed by atoms with Gasteiger partial charge in [-0.1, -0.05) is 26.7 Å². The van der Waals surface area contributed by atoms with Gasteiger partial charge in [0, 0.05) is 32.2 Å². The predicted octanol–water partition coefficient (Wildman–Crippen LogP) is 1.94. The quantitative estimate of drug-likeness (QED) is 0.757. The highest BCUT2D eigenvalue weighted by atomic mass is 32.2. The number of sulfonamides is 1. The second-order valence-corrected chi connectivity index (χ2v) is 10.2. The van der Waals surface area contributed by atoms with E-state index in [1.807, 2.05) is 4.90 Å². The summed E-state index contributed by atoms with van der Waals surface area (Å²) >= 11 is 0. The third kappa shape index (κ3) is 5.29. The van der Waals surface area contributed by atoms with E-state index in [4.69, 9.17) is 4.74 Å². The molecule has 0 spiro atoms. The second kappa shape index (κ2) is 9.45. The molecule has 1 aliphatic heterocycles. The molecule has 8 heteroatoms. The number of nitrogens with one attached hydrogen (secondary N) is 1. The standard InChI is InChI=1S/C21H33N3O4S/c1-16-5-4-6-20(17(16)2)22-21(25)15-23-11-13-24(14-12-23)29(26,27)19-9-7-18(28-3)8-10-19/h7-10,16-17,20H,4-6,11-15H2,1-3H3,(H,22,25)/t16-,17+,20+/m0/s1. The molecule has 1 aromatic rings. The molecule has 0 aromatic heterocycles. The summed E-state index contributed by atoms with van der Waals surface area (Å²) in [5.41, 5.74) is 0. The molecule has 1 saturated heterocycles. The van der Waals surface area contributed by atoms with Crippen LogP contribution in [0.4, 0.5) is 0 Å². The lowest BCUT2D eigenvalue weighted by Gasteiger charge is -2.36. The monoisotopic (exact) mass is 423 g/mol. The summed E-state index contributed by atoms with van der Waals surface area (Å²) in [6.07, 6.45) is 3.45. The van der Waals surface area contributed by atoms with Crippen molar-refractivity contribution in [2.24, 2.45) is 11.8 Å². The van der Waals surface area contributed by atoms with Crippen molar-refractivity contribution in [1.82, 2.24) is 14.5 Å². The summed E-state index contributed by atoms with van der Waals surface area (Å²) in [4.78, 5) is 14.8. The van der Waals surface area contributed by atoms with Crippen LogP contribution < -0.4 is 10.1 Å². The molecule has 3 rings (SSSR count). The number of carbonyl (C=O) groups excluding carboxylic acids is 1. The van der Waals surface area contributed by atoms with Gasteiger partial charge in [0.15, 0.2) is 0 Å². The van der Waals surface area contributed by atoms with Crippen LogP contribution in [0.5, 0.6) is 5.75 Å². The number of hydrogen-bond acceptors (Lipinski definition) is 5. The van der Waals surface area contributed by atoms with Crippen LogP contribution in [-0.4, -0.2) is 69.4 Å². The van der Waals surface area contributed by atoms with Gasteiger partial charge in [0.2, 0.25) is 15.9 Å². The smallest absolute Gasteiger partial charge is 0.243 e. The van der Waals surface area contributed by atoms with Crippen LogP contribution >= 0.6 is 0 Å². The SMILES string of the molecule is COc1ccc(S(=O)(=O)N2CCN(CC(=O)N[C@@H]3CCC[C@H](C)[C@H]3C)CC2)cc1. The molecule has 162 valence electrons. The Morgan fingerprint density at radius 1 is 1.10 bits per heavy atom.